The minimum atomic E-state index is 0.900. The van der Waals surface area contributed by atoms with Crippen LogP contribution in [0.2, 0.25) is 0 Å². The maximum atomic E-state index is 5.50. The molecule has 0 saturated heterocycles. The number of hydrogen-bond donors (Lipinski definition) is 0. The number of para-hydroxylation sites is 7. The van der Waals surface area contributed by atoms with Crippen LogP contribution >= 0.6 is 0 Å². The minimum Gasteiger partial charge on any atom is -0.309 e. The summed E-state index contributed by atoms with van der Waals surface area (Å²) in [5.41, 5.74) is 17.1. The lowest BCUT2D eigenvalue weighted by Gasteiger charge is -2.14. The molecule has 13 aromatic rings. The van der Waals surface area contributed by atoms with Crippen LogP contribution in [-0.4, -0.2) is 23.7 Å². The Bertz CT molecular complexity index is 3660. The second kappa shape index (κ2) is 14.9. The van der Waals surface area contributed by atoms with Gasteiger partial charge in [-0.1, -0.05) is 152 Å². The molecule has 0 unspecified atom stereocenters. The highest BCUT2D eigenvalue weighted by Gasteiger charge is 2.18. The van der Waals surface area contributed by atoms with Crippen LogP contribution in [0.3, 0.4) is 0 Å². The van der Waals surface area contributed by atoms with Crippen molar-refractivity contribution in [1.82, 2.24) is 23.7 Å². The fourth-order valence-corrected chi connectivity index (χ4v) is 9.87. The molecule has 0 saturated carbocycles. The normalized spacial score (nSPS) is 11.7. The smallest absolute Gasteiger partial charge is 0.145 e. The Morgan fingerprint density at radius 1 is 0.246 bits per heavy atom. The maximum Gasteiger partial charge on any atom is 0.145 e. The van der Waals surface area contributed by atoms with E-state index in [-0.39, 0.29) is 0 Å². The van der Waals surface area contributed by atoms with Gasteiger partial charge in [-0.15, -0.1) is 0 Å². The van der Waals surface area contributed by atoms with Crippen molar-refractivity contribution in [3.8, 4) is 62.1 Å². The highest BCUT2D eigenvalue weighted by molar-refractivity contribution is 6.10. The number of fused-ring (bicyclic) bond motifs is 7. The predicted octanol–water partition coefficient (Wildman–Crippen LogP) is 15.3. The van der Waals surface area contributed by atoms with E-state index in [0.29, 0.717) is 0 Å². The SMILES string of the molecule is c1ccc(-n2c(-c3ccc(-c4cc(-c5cccc(-n6c7ccccc7c7ccccc76)c5)nc(-c5cccc(-n6c7ccccc7c7ccccc76)c5)c4)cc3)nc3ccccc32)cc1. The molecule has 4 aromatic heterocycles. The van der Waals surface area contributed by atoms with Crippen LogP contribution in [0, 0.1) is 0 Å². The lowest BCUT2D eigenvalue weighted by Crippen LogP contribution is -1.98. The Hall–Kier alpha value is -8.80. The third kappa shape index (κ3) is 6.09. The molecule has 304 valence electrons. The Kier molecular flexibility index (Phi) is 8.46. The highest BCUT2D eigenvalue weighted by atomic mass is 15.1. The molecule has 5 nitrogen and oxygen atoms in total. The number of nitrogens with zero attached hydrogens (tertiary/aromatic N) is 5. The topological polar surface area (TPSA) is 40.6 Å². The highest BCUT2D eigenvalue weighted by Crippen LogP contribution is 2.38. The molecule has 4 heterocycles. The molecule has 0 aliphatic heterocycles. The van der Waals surface area contributed by atoms with E-state index in [4.69, 9.17) is 9.97 Å². The van der Waals surface area contributed by atoms with Crippen LogP contribution in [0.15, 0.2) is 237 Å². The van der Waals surface area contributed by atoms with Crippen LogP contribution in [0.5, 0.6) is 0 Å². The number of pyridine rings is 1. The van der Waals surface area contributed by atoms with E-state index in [0.717, 1.165) is 73.1 Å². The van der Waals surface area contributed by atoms with Gasteiger partial charge in [0, 0.05) is 55.3 Å². The van der Waals surface area contributed by atoms with Gasteiger partial charge in [-0.3, -0.25) is 4.57 Å². The molecule has 0 amide bonds. The molecule has 0 aliphatic rings. The first-order chi connectivity index (χ1) is 32.2. The molecule has 0 atom stereocenters. The number of aromatic nitrogens is 5. The fraction of sp³-hybridized carbons (Fsp3) is 0. The largest absolute Gasteiger partial charge is 0.309 e. The number of hydrogen-bond acceptors (Lipinski definition) is 2. The standard InChI is InChI=1S/C60H39N5/c1-2-18-45(19-3-1)65-59-31-13-8-26-52(59)62-60(65)41-34-32-40(33-35-41)44-38-53(42-16-14-20-46(36-42)63-55-27-9-4-22-48(55)49-23-5-10-28-56(49)63)61-54(39-44)43-17-15-21-47(37-43)64-57-29-11-6-24-50(57)51-25-7-12-30-58(51)64/h1-39H. The van der Waals surface area contributed by atoms with Gasteiger partial charge in [0.25, 0.3) is 0 Å². The van der Waals surface area contributed by atoms with Crippen molar-refractivity contribution in [2.45, 2.75) is 0 Å². The molecule has 65 heavy (non-hydrogen) atoms. The summed E-state index contributed by atoms with van der Waals surface area (Å²) in [6, 6.07) is 84.4. The molecular formula is C60H39N5. The van der Waals surface area contributed by atoms with E-state index in [2.05, 4.69) is 244 Å². The average Bonchev–Trinajstić information content (AvgIpc) is 4.05. The first kappa shape index (κ1) is 36.8. The number of imidazole rings is 1. The zero-order valence-electron chi connectivity index (χ0n) is 35.3. The zero-order chi connectivity index (χ0) is 42.8. The second-order valence-electron chi connectivity index (χ2n) is 16.6. The van der Waals surface area contributed by atoms with Gasteiger partial charge in [0.2, 0.25) is 0 Å². The zero-order valence-corrected chi connectivity index (χ0v) is 35.3. The van der Waals surface area contributed by atoms with E-state index >= 15 is 0 Å². The summed E-state index contributed by atoms with van der Waals surface area (Å²) in [7, 11) is 0. The molecule has 0 aliphatic carbocycles. The molecule has 9 aromatic carbocycles. The molecule has 0 bridgehead atoms. The van der Waals surface area contributed by atoms with Gasteiger partial charge in [-0.2, -0.15) is 0 Å². The Balaban J connectivity index is 0.976. The van der Waals surface area contributed by atoms with Crippen molar-refractivity contribution in [2.24, 2.45) is 0 Å². The average molecular weight is 830 g/mol. The van der Waals surface area contributed by atoms with Crippen LogP contribution in [0.1, 0.15) is 0 Å². The van der Waals surface area contributed by atoms with Crippen LogP contribution < -0.4 is 0 Å². The summed E-state index contributed by atoms with van der Waals surface area (Å²) in [5.74, 6) is 0.906. The van der Waals surface area contributed by atoms with Gasteiger partial charge in [0.15, 0.2) is 0 Å². The summed E-state index contributed by atoms with van der Waals surface area (Å²) in [6.07, 6.45) is 0. The van der Waals surface area contributed by atoms with Crippen molar-refractivity contribution in [3.63, 3.8) is 0 Å². The number of rotatable bonds is 7. The van der Waals surface area contributed by atoms with E-state index in [1.807, 2.05) is 6.07 Å². The van der Waals surface area contributed by atoms with Gasteiger partial charge in [0.1, 0.15) is 5.82 Å². The van der Waals surface area contributed by atoms with Gasteiger partial charge in [0.05, 0.1) is 44.5 Å². The summed E-state index contributed by atoms with van der Waals surface area (Å²) < 4.78 is 6.99. The summed E-state index contributed by atoms with van der Waals surface area (Å²) in [6.45, 7) is 0. The molecule has 0 N–H and O–H groups in total. The first-order valence-electron chi connectivity index (χ1n) is 22.1. The predicted molar refractivity (Wildman–Crippen MR) is 269 cm³/mol. The molecule has 0 spiro atoms. The molecular weight excluding hydrogens is 791 g/mol. The van der Waals surface area contributed by atoms with E-state index in [1.165, 1.54) is 43.6 Å². The summed E-state index contributed by atoms with van der Waals surface area (Å²) in [5, 5.41) is 4.95. The van der Waals surface area contributed by atoms with Gasteiger partial charge >= 0.3 is 0 Å². The van der Waals surface area contributed by atoms with Crippen LogP contribution in [0.4, 0.5) is 0 Å². The van der Waals surface area contributed by atoms with E-state index in [9.17, 15) is 0 Å². The Morgan fingerprint density at radius 3 is 1.17 bits per heavy atom. The molecule has 0 fully saturated rings. The maximum absolute atomic E-state index is 5.50. The lowest BCUT2D eigenvalue weighted by atomic mass is 9.98. The van der Waals surface area contributed by atoms with Crippen molar-refractivity contribution >= 4 is 54.6 Å². The Labute approximate surface area is 375 Å². The quantitative estimate of drug-likeness (QED) is 0.161. The van der Waals surface area contributed by atoms with Gasteiger partial charge < -0.3 is 9.13 Å². The van der Waals surface area contributed by atoms with Gasteiger partial charge in [-0.25, -0.2) is 9.97 Å². The number of benzene rings is 9. The fourth-order valence-electron chi connectivity index (χ4n) is 9.87. The lowest BCUT2D eigenvalue weighted by molar-refractivity contribution is 1.10. The van der Waals surface area contributed by atoms with Crippen molar-refractivity contribution < 1.29 is 0 Å². The van der Waals surface area contributed by atoms with Crippen molar-refractivity contribution in [1.29, 1.82) is 0 Å². The third-order valence-corrected chi connectivity index (χ3v) is 12.8. The van der Waals surface area contributed by atoms with E-state index in [1.54, 1.807) is 0 Å². The monoisotopic (exact) mass is 829 g/mol. The van der Waals surface area contributed by atoms with E-state index < -0.39 is 0 Å². The second-order valence-corrected chi connectivity index (χ2v) is 16.6. The molecule has 13 rings (SSSR count). The minimum absolute atomic E-state index is 0.900. The van der Waals surface area contributed by atoms with Gasteiger partial charge in [-0.05, 0) is 96.1 Å². The first-order valence-corrected chi connectivity index (χ1v) is 22.1. The third-order valence-electron chi connectivity index (χ3n) is 12.8. The van der Waals surface area contributed by atoms with Crippen LogP contribution in [0.25, 0.3) is 117 Å². The summed E-state index contributed by atoms with van der Waals surface area (Å²) in [4.78, 5) is 10.6. The summed E-state index contributed by atoms with van der Waals surface area (Å²) >= 11 is 0. The van der Waals surface area contributed by atoms with Crippen molar-refractivity contribution in [3.05, 3.63) is 237 Å². The van der Waals surface area contributed by atoms with Crippen LogP contribution in [-0.2, 0) is 0 Å². The van der Waals surface area contributed by atoms with Crippen molar-refractivity contribution in [2.75, 3.05) is 0 Å². The molecule has 5 heteroatoms. The molecule has 0 radical (unpaired) electrons. The Morgan fingerprint density at radius 2 is 0.662 bits per heavy atom.